The molecule has 0 aliphatic rings. The van der Waals surface area contributed by atoms with E-state index in [1.54, 1.807) is 12.4 Å². The number of hydrogen-bond donors (Lipinski definition) is 2. The number of amides is 1. The minimum atomic E-state index is -0.413. The molecule has 0 aliphatic heterocycles. The Labute approximate surface area is 96.3 Å². The van der Waals surface area contributed by atoms with Crippen molar-refractivity contribution >= 4 is 5.91 Å². The van der Waals surface area contributed by atoms with Crippen LogP contribution in [0.3, 0.4) is 0 Å². The zero-order valence-corrected chi connectivity index (χ0v) is 9.81. The fourth-order valence-electron chi connectivity index (χ4n) is 1.48. The molecule has 1 aromatic heterocycles. The number of nitrogens with zero attached hydrogens (tertiary/aromatic N) is 1. The molecule has 0 radical (unpaired) electrons. The Balaban J connectivity index is 2.51. The van der Waals surface area contributed by atoms with E-state index in [0.29, 0.717) is 6.42 Å². The molecule has 88 valence electrons. The second-order valence-corrected chi connectivity index (χ2v) is 3.91. The summed E-state index contributed by atoms with van der Waals surface area (Å²) in [6.45, 7) is 3.94. The SMILES string of the molecule is CCC[C@H](N)C(=O)NC(C)c1cccnc1. The van der Waals surface area contributed by atoms with Gasteiger partial charge in [-0.25, -0.2) is 0 Å². The molecule has 0 spiro atoms. The summed E-state index contributed by atoms with van der Waals surface area (Å²) in [6.07, 6.45) is 5.08. The van der Waals surface area contributed by atoms with E-state index in [-0.39, 0.29) is 11.9 Å². The molecule has 0 aromatic carbocycles. The van der Waals surface area contributed by atoms with E-state index in [9.17, 15) is 4.79 Å². The highest BCUT2D eigenvalue weighted by atomic mass is 16.2. The van der Waals surface area contributed by atoms with Crippen molar-refractivity contribution in [3.63, 3.8) is 0 Å². The summed E-state index contributed by atoms with van der Waals surface area (Å²) >= 11 is 0. The predicted molar refractivity (Wildman–Crippen MR) is 63.7 cm³/mol. The number of nitrogens with two attached hydrogens (primary N) is 1. The lowest BCUT2D eigenvalue weighted by atomic mass is 10.1. The minimum Gasteiger partial charge on any atom is -0.348 e. The molecule has 0 bridgehead atoms. The summed E-state index contributed by atoms with van der Waals surface area (Å²) in [7, 11) is 0. The van der Waals surface area contributed by atoms with Gasteiger partial charge in [0.05, 0.1) is 12.1 Å². The Hall–Kier alpha value is -1.42. The summed E-state index contributed by atoms with van der Waals surface area (Å²) in [5.41, 5.74) is 6.71. The Morgan fingerprint density at radius 3 is 2.94 bits per heavy atom. The molecule has 1 aromatic rings. The quantitative estimate of drug-likeness (QED) is 0.789. The Morgan fingerprint density at radius 2 is 2.38 bits per heavy atom. The van der Waals surface area contributed by atoms with Gasteiger partial charge < -0.3 is 11.1 Å². The van der Waals surface area contributed by atoms with Gasteiger partial charge in [-0.3, -0.25) is 9.78 Å². The maximum Gasteiger partial charge on any atom is 0.237 e. The van der Waals surface area contributed by atoms with Crippen LogP contribution in [0.2, 0.25) is 0 Å². The van der Waals surface area contributed by atoms with Crippen LogP contribution in [0.4, 0.5) is 0 Å². The van der Waals surface area contributed by atoms with Gasteiger partial charge in [-0.05, 0) is 25.0 Å². The first-order valence-electron chi connectivity index (χ1n) is 5.61. The van der Waals surface area contributed by atoms with Crippen LogP contribution in [0.1, 0.15) is 38.3 Å². The highest BCUT2D eigenvalue weighted by Crippen LogP contribution is 2.10. The fraction of sp³-hybridized carbons (Fsp3) is 0.500. The van der Waals surface area contributed by atoms with Gasteiger partial charge in [-0.2, -0.15) is 0 Å². The van der Waals surface area contributed by atoms with E-state index in [1.165, 1.54) is 0 Å². The van der Waals surface area contributed by atoms with Crippen LogP contribution in [0.5, 0.6) is 0 Å². The molecule has 4 nitrogen and oxygen atoms in total. The molecule has 0 fully saturated rings. The number of rotatable bonds is 5. The lowest BCUT2D eigenvalue weighted by Crippen LogP contribution is -2.41. The first kappa shape index (κ1) is 12.6. The third-order valence-electron chi connectivity index (χ3n) is 2.48. The van der Waals surface area contributed by atoms with Crippen molar-refractivity contribution in [1.82, 2.24) is 10.3 Å². The number of hydrogen-bond acceptors (Lipinski definition) is 3. The van der Waals surface area contributed by atoms with Gasteiger partial charge in [0.25, 0.3) is 0 Å². The highest BCUT2D eigenvalue weighted by molar-refractivity contribution is 5.81. The molecule has 16 heavy (non-hydrogen) atoms. The third-order valence-corrected chi connectivity index (χ3v) is 2.48. The van der Waals surface area contributed by atoms with Crippen molar-refractivity contribution < 1.29 is 4.79 Å². The summed E-state index contributed by atoms with van der Waals surface area (Å²) in [5.74, 6) is -0.0989. The first-order chi connectivity index (χ1) is 7.65. The zero-order chi connectivity index (χ0) is 12.0. The number of carbonyl (C=O) groups is 1. The Kier molecular flexibility index (Phi) is 4.92. The van der Waals surface area contributed by atoms with E-state index in [1.807, 2.05) is 26.0 Å². The smallest absolute Gasteiger partial charge is 0.237 e. The van der Waals surface area contributed by atoms with Crippen LogP contribution >= 0.6 is 0 Å². The fourth-order valence-corrected chi connectivity index (χ4v) is 1.48. The Morgan fingerprint density at radius 1 is 1.62 bits per heavy atom. The molecule has 0 aliphatic carbocycles. The van der Waals surface area contributed by atoms with E-state index in [4.69, 9.17) is 5.73 Å². The van der Waals surface area contributed by atoms with Gasteiger partial charge in [-0.15, -0.1) is 0 Å². The molecule has 1 unspecified atom stereocenters. The van der Waals surface area contributed by atoms with Crippen molar-refractivity contribution in [2.75, 3.05) is 0 Å². The number of carbonyl (C=O) groups excluding carboxylic acids is 1. The molecule has 1 rings (SSSR count). The average molecular weight is 221 g/mol. The number of aromatic nitrogens is 1. The van der Waals surface area contributed by atoms with E-state index < -0.39 is 6.04 Å². The van der Waals surface area contributed by atoms with Gasteiger partial charge >= 0.3 is 0 Å². The van der Waals surface area contributed by atoms with Crippen LogP contribution in [-0.2, 0) is 4.79 Å². The van der Waals surface area contributed by atoms with Crippen LogP contribution in [0.15, 0.2) is 24.5 Å². The predicted octanol–water partition coefficient (Wildman–Crippen LogP) is 1.39. The molecule has 4 heteroatoms. The molecule has 1 heterocycles. The van der Waals surface area contributed by atoms with Crippen LogP contribution in [0, 0.1) is 0 Å². The molecule has 1 amide bonds. The van der Waals surface area contributed by atoms with E-state index in [2.05, 4.69) is 10.3 Å². The summed E-state index contributed by atoms with van der Waals surface area (Å²) in [4.78, 5) is 15.7. The zero-order valence-electron chi connectivity index (χ0n) is 9.81. The lowest BCUT2D eigenvalue weighted by molar-refractivity contribution is -0.123. The third kappa shape index (κ3) is 3.62. The Bertz CT molecular complexity index is 326. The largest absolute Gasteiger partial charge is 0.348 e. The maximum absolute atomic E-state index is 11.7. The molecule has 0 saturated heterocycles. The highest BCUT2D eigenvalue weighted by Gasteiger charge is 2.15. The van der Waals surface area contributed by atoms with Crippen molar-refractivity contribution in [3.05, 3.63) is 30.1 Å². The molecular formula is C12H19N3O. The monoisotopic (exact) mass is 221 g/mol. The van der Waals surface area contributed by atoms with Crippen molar-refractivity contribution in [2.24, 2.45) is 5.73 Å². The maximum atomic E-state index is 11.7. The second-order valence-electron chi connectivity index (χ2n) is 3.91. The summed E-state index contributed by atoms with van der Waals surface area (Å²) in [5, 5.41) is 2.88. The van der Waals surface area contributed by atoms with Crippen molar-refractivity contribution in [2.45, 2.75) is 38.8 Å². The number of nitrogens with one attached hydrogen (secondary N) is 1. The van der Waals surface area contributed by atoms with Crippen molar-refractivity contribution in [3.8, 4) is 0 Å². The van der Waals surface area contributed by atoms with Gasteiger partial charge in [0, 0.05) is 12.4 Å². The summed E-state index contributed by atoms with van der Waals surface area (Å²) < 4.78 is 0. The molecular weight excluding hydrogens is 202 g/mol. The van der Waals surface area contributed by atoms with Crippen LogP contribution in [0.25, 0.3) is 0 Å². The van der Waals surface area contributed by atoms with Crippen molar-refractivity contribution in [1.29, 1.82) is 0 Å². The van der Waals surface area contributed by atoms with Gasteiger partial charge in [0.2, 0.25) is 5.91 Å². The standard InChI is InChI=1S/C12H19N3O/c1-3-5-11(13)12(16)15-9(2)10-6-4-7-14-8-10/h4,6-9,11H,3,5,13H2,1-2H3,(H,15,16)/t9?,11-/m0/s1. The van der Waals surface area contributed by atoms with Gasteiger partial charge in [0.1, 0.15) is 0 Å². The van der Waals surface area contributed by atoms with E-state index in [0.717, 1.165) is 12.0 Å². The van der Waals surface area contributed by atoms with Crippen LogP contribution in [-0.4, -0.2) is 16.9 Å². The molecule has 3 N–H and O–H groups in total. The number of pyridine rings is 1. The average Bonchev–Trinajstić information content (AvgIpc) is 2.30. The topological polar surface area (TPSA) is 68.0 Å². The molecule has 0 saturated carbocycles. The normalized spacial score (nSPS) is 14.2. The van der Waals surface area contributed by atoms with E-state index >= 15 is 0 Å². The minimum absolute atomic E-state index is 0.0518. The van der Waals surface area contributed by atoms with Crippen LogP contribution < -0.4 is 11.1 Å². The summed E-state index contributed by atoms with van der Waals surface area (Å²) in [6, 6.07) is 3.32. The van der Waals surface area contributed by atoms with Gasteiger partial charge in [-0.1, -0.05) is 19.4 Å². The second kappa shape index (κ2) is 6.23. The molecule has 2 atom stereocenters. The van der Waals surface area contributed by atoms with Gasteiger partial charge in [0.15, 0.2) is 0 Å². The first-order valence-corrected chi connectivity index (χ1v) is 5.61. The lowest BCUT2D eigenvalue weighted by Gasteiger charge is -2.17.